The summed E-state index contributed by atoms with van der Waals surface area (Å²) in [6.45, 7) is 0. The standard InChI is InChI=1S/C19H16N4O2/c1-22(16-10-6-3-7-11-16)19-18(23(24)25)17(20-14-21-19)13-12-15-8-4-2-5-9-15/h2-14H,1H3/b13-12+. The fraction of sp³-hybridized carbons (Fsp3) is 0.0526. The minimum atomic E-state index is -0.445. The summed E-state index contributed by atoms with van der Waals surface area (Å²) in [5.74, 6) is 0.249. The first-order valence-corrected chi connectivity index (χ1v) is 7.68. The Hall–Kier alpha value is -3.54. The molecule has 0 radical (unpaired) electrons. The lowest BCUT2D eigenvalue weighted by Gasteiger charge is -2.18. The predicted molar refractivity (Wildman–Crippen MR) is 98.6 cm³/mol. The Morgan fingerprint density at radius 1 is 0.960 bits per heavy atom. The highest BCUT2D eigenvalue weighted by Crippen LogP contribution is 2.32. The predicted octanol–water partition coefficient (Wildman–Crippen LogP) is 4.32. The largest absolute Gasteiger partial charge is 0.337 e. The number of benzene rings is 2. The van der Waals surface area contributed by atoms with Gasteiger partial charge in [-0.15, -0.1) is 0 Å². The molecule has 0 fully saturated rings. The van der Waals surface area contributed by atoms with Crippen molar-refractivity contribution in [3.63, 3.8) is 0 Å². The molecule has 3 rings (SSSR count). The van der Waals surface area contributed by atoms with E-state index >= 15 is 0 Å². The number of nitrogens with zero attached hydrogens (tertiary/aromatic N) is 4. The number of hydrogen-bond acceptors (Lipinski definition) is 5. The van der Waals surface area contributed by atoms with Gasteiger partial charge in [0.05, 0.1) is 4.92 Å². The van der Waals surface area contributed by atoms with E-state index in [1.165, 1.54) is 6.33 Å². The topological polar surface area (TPSA) is 72.2 Å². The molecule has 1 heterocycles. The first-order valence-electron chi connectivity index (χ1n) is 7.68. The molecular weight excluding hydrogens is 316 g/mol. The van der Waals surface area contributed by atoms with Crippen molar-refractivity contribution < 1.29 is 4.92 Å². The molecule has 0 N–H and O–H groups in total. The van der Waals surface area contributed by atoms with Gasteiger partial charge in [0.1, 0.15) is 12.0 Å². The number of anilines is 2. The summed E-state index contributed by atoms with van der Waals surface area (Å²) in [4.78, 5) is 21.1. The maximum absolute atomic E-state index is 11.7. The lowest BCUT2D eigenvalue weighted by Crippen LogP contribution is -2.14. The zero-order chi connectivity index (χ0) is 17.6. The molecular formula is C19H16N4O2. The molecule has 0 aliphatic rings. The van der Waals surface area contributed by atoms with E-state index in [2.05, 4.69) is 9.97 Å². The van der Waals surface area contributed by atoms with Crippen molar-refractivity contribution in [3.8, 4) is 0 Å². The maximum atomic E-state index is 11.7. The Morgan fingerprint density at radius 3 is 2.24 bits per heavy atom. The van der Waals surface area contributed by atoms with Crippen molar-refractivity contribution in [2.24, 2.45) is 0 Å². The second-order valence-corrected chi connectivity index (χ2v) is 5.33. The first-order chi connectivity index (χ1) is 12.2. The monoisotopic (exact) mass is 332 g/mol. The van der Waals surface area contributed by atoms with Crippen molar-refractivity contribution in [2.75, 3.05) is 11.9 Å². The van der Waals surface area contributed by atoms with Crippen LogP contribution in [0.5, 0.6) is 0 Å². The SMILES string of the molecule is CN(c1ccccc1)c1ncnc(/C=C/c2ccccc2)c1[N+](=O)[O-]. The fourth-order valence-electron chi connectivity index (χ4n) is 2.44. The van der Waals surface area contributed by atoms with E-state index in [1.807, 2.05) is 60.7 Å². The third kappa shape index (κ3) is 3.69. The van der Waals surface area contributed by atoms with Crippen molar-refractivity contribution in [1.29, 1.82) is 0 Å². The summed E-state index contributed by atoms with van der Waals surface area (Å²) in [7, 11) is 1.75. The van der Waals surface area contributed by atoms with Crippen LogP contribution in [-0.2, 0) is 0 Å². The van der Waals surface area contributed by atoms with Gasteiger partial charge in [0.15, 0.2) is 0 Å². The number of para-hydroxylation sites is 1. The van der Waals surface area contributed by atoms with Crippen molar-refractivity contribution >= 4 is 29.3 Å². The van der Waals surface area contributed by atoms with Crippen LogP contribution in [0.1, 0.15) is 11.3 Å². The third-order valence-electron chi connectivity index (χ3n) is 3.71. The molecule has 25 heavy (non-hydrogen) atoms. The van der Waals surface area contributed by atoms with Crippen LogP contribution in [0.25, 0.3) is 12.2 Å². The summed E-state index contributed by atoms with van der Waals surface area (Å²) < 4.78 is 0. The Labute approximate surface area is 145 Å². The van der Waals surface area contributed by atoms with Gasteiger partial charge in [-0.25, -0.2) is 9.97 Å². The Morgan fingerprint density at radius 2 is 1.60 bits per heavy atom. The molecule has 0 unspecified atom stereocenters. The average molecular weight is 332 g/mol. The van der Waals surface area contributed by atoms with Crippen LogP contribution in [0.2, 0.25) is 0 Å². The molecule has 0 aliphatic heterocycles. The third-order valence-corrected chi connectivity index (χ3v) is 3.71. The maximum Gasteiger partial charge on any atom is 0.337 e. The smallest absolute Gasteiger partial charge is 0.324 e. The number of aromatic nitrogens is 2. The number of hydrogen-bond donors (Lipinski definition) is 0. The van der Waals surface area contributed by atoms with E-state index in [1.54, 1.807) is 24.1 Å². The first kappa shape index (κ1) is 16.3. The van der Waals surface area contributed by atoms with E-state index in [0.29, 0.717) is 0 Å². The summed E-state index contributed by atoms with van der Waals surface area (Å²) in [6.07, 6.45) is 4.77. The Balaban J connectivity index is 2.03. The van der Waals surface area contributed by atoms with E-state index in [9.17, 15) is 10.1 Å². The van der Waals surface area contributed by atoms with E-state index in [4.69, 9.17) is 0 Å². The Bertz CT molecular complexity index is 896. The quantitative estimate of drug-likeness (QED) is 0.514. The summed E-state index contributed by atoms with van der Waals surface area (Å²) in [5, 5.41) is 11.7. The van der Waals surface area contributed by atoms with Crippen LogP contribution < -0.4 is 4.90 Å². The molecule has 124 valence electrons. The van der Waals surface area contributed by atoms with Crippen LogP contribution in [0.4, 0.5) is 17.2 Å². The number of rotatable bonds is 5. The molecule has 0 spiro atoms. The molecule has 6 heteroatoms. The minimum absolute atomic E-state index is 0.124. The Kier molecular flexibility index (Phi) is 4.80. The highest BCUT2D eigenvalue weighted by molar-refractivity contribution is 5.78. The second kappa shape index (κ2) is 7.35. The second-order valence-electron chi connectivity index (χ2n) is 5.33. The van der Waals surface area contributed by atoms with Gasteiger partial charge in [-0.05, 0) is 23.8 Å². The van der Waals surface area contributed by atoms with Gasteiger partial charge in [-0.3, -0.25) is 10.1 Å². The molecule has 0 atom stereocenters. The molecule has 3 aromatic rings. The molecule has 0 aliphatic carbocycles. The van der Waals surface area contributed by atoms with E-state index in [0.717, 1.165) is 11.3 Å². The van der Waals surface area contributed by atoms with Crippen molar-refractivity contribution in [1.82, 2.24) is 9.97 Å². The van der Waals surface area contributed by atoms with E-state index < -0.39 is 4.92 Å². The lowest BCUT2D eigenvalue weighted by atomic mass is 10.2. The van der Waals surface area contributed by atoms with Crippen LogP contribution in [0, 0.1) is 10.1 Å². The van der Waals surface area contributed by atoms with Gasteiger partial charge in [0.25, 0.3) is 0 Å². The van der Waals surface area contributed by atoms with Crippen LogP contribution in [0.15, 0.2) is 67.0 Å². The van der Waals surface area contributed by atoms with Gasteiger partial charge in [0.2, 0.25) is 5.82 Å². The average Bonchev–Trinajstić information content (AvgIpc) is 2.66. The molecule has 0 bridgehead atoms. The van der Waals surface area contributed by atoms with Gasteiger partial charge >= 0.3 is 5.69 Å². The summed E-state index contributed by atoms with van der Waals surface area (Å²) in [6, 6.07) is 18.9. The zero-order valence-corrected chi connectivity index (χ0v) is 13.6. The van der Waals surface area contributed by atoms with Crippen LogP contribution in [0.3, 0.4) is 0 Å². The summed E-state index contributed by atoms with van der Waals surface area (Å²) >= 11 is 0. The van der Waals surface area contributed by atoms with Crippen LogP contribution >= 0.6 is 0 Å². The van der Waals surface area contributed by atoms with Gasteiger partial charge in [0, 0.05) is 12.7 Å². The normalized spacial score (nSPS) is 10.8. The van der Waals surface area contributed by atoms with Crippen LogP contribution in [-0.4, -0.2) is 21.9 Å². The summed E-state index contributed by atoms with van der Waals surface area (Å²) in [5.41, 5.74) is 1.89. The highest BCUT2D eigenvalue weighted by atomic mass is 16.6. The van der Waals surface area contributed by atoms with Crippen molar-refractivity contribution in [3.05, 3.63) is 88.4 Å². The van der Waals surface area contributed by atoms with Gasteiger partial charge in [-0.1, -0.05) is 54.6 Å². The zero-order valence-electron chi connectivity index (χ0n) is 13.6. The molecule has 0 amide bonds. The van der Waals surface area contributed by atoms with Crippen molar-refractivity contribution in [2.45, 2.75) is 0 Å². The molecule has 1 aromatic heterocycles. The number of nitro groups is 1. The van der Waals surface area contributed by atoms with Gasteiger partial charge < -0.3 is 4.90 Å². The van der Waals surface area contributed by atoms with E-state index in [-0.39, 0.29) is 17.2 Å². The highest BCUT2D eigenvalue weighted by Gasteiger charge is 2.24. The molecule has 0 saturated heterocycles. The molecule has 6 nitrogen and oxygen atoms in total. The molecule has 0 saturated carbocycles. The lowest BCUT2D eigenvalue weighted by molar-refractivity contribution is -0.384. The minimum Gasteiger partial charge on any atom is -0.324 e. The van der Waals surface area contributed by atoms with Gasteiger partial charge in [-0.2, -0.15) is 0 Å². The fourth-order valence-corrected chi connectivity index (χ4v) is 2.44. The molecule has 2 aromatic carbocycles.